The first kappa shape index (κ1) is 13.9. The summed E-state index contributed by atoms with van der Waals surface area (Å²) >= 11 is 0. The van der Waals surface area contributed by atoms with Crippen LogP contribution in [0.4, 0.5) is 0 Å². The van der Waals surface area contributed by atoms with Gasteiger partial charge >= 0.3 is 0 Å². The summed E-state index contributed by atoms with van der Waals surface area (Å²) in [5.41, 5.74) is 5.65. The number of nitrogens with one attached hydrogen (secondary N) is 1. The van der Waals surface area contributed by atoms with Crippen molar-refractivity contribution in [1.29, 1.82) is 5.26 Å². The number of methoxy groups -OCH3 is 1. The number of carbonyl (C=O) groups excluding carboxylic acids is 1. The van der Waals surface area contributed by atoms with Gasteiger partial charge in [0, 0.05) is 19.8 Å². The molecule has 0 aliphatic carbocycles. The Balaban J connectivity index is 3.74. The highest BCUT2D eigenvalue weighted by Gasteiger charge is 2.14. The minimum absolute atomic E-state index is 0.143. The maximum absolute atomic E-state index is 11.4. The molecule has 0 spiro atoms. The highest BCUT2D eigenvalue weighted by atomic mass is 16.5. The van der Waals surface area contributed by atoms with E-state index in [4.69, 9.17) is 15.7 Å². The summed E-state index contributed by atoms with van der Waals surface area (Å²) in [6.07, 6.45) is 1.66. The first-order chi connectivity index (χ1) is 7.11. The molecule has 1 amide bonds. The molecule has 3 N–H and O–H groups in total. The van der Waals surface area contributed by atoms with Crippen LogP contribution in [0, 0.1) is 11.3 Å². The lowest BCUT2D eigenvalue weighted by molar-refractivity contribution is -0.123. The van der Waals surface area contributed by atoms with E-state index in [0.29, 0.717) is 19.4 Å². The second kappa shape index (κ2) is 8.21. The van der Waals surface area contributed by atoms with Gasteiger partial charge in [0.2, 0.25) is 5.91 Å². The van der Waals surface area contributed by atoms with Gasteiger partial charge in [0.15, 0.2) is 0 Å². The molecule has 0 bridgehead atoms. The van der Waals surface area contributed by atoms with Crippen LogP contribution in [0.15, 0.2) is 0 Å². The molecule has 0 radical (unpaired) electrons. The summed E-state index contributed by atoms with van der Waals surface area (Å²) in [6.45, 7) is 2.39. The van der Waals surface area contributed by atoms with Gasteiger partial charge in [-0.3, -0.25) is 4.79 Å². The van der Waals surface area contributed by atoms with Gasteiger partial charge in [0.05, 0.1) is 18.5 Å². The number of nitrogens with two attached hydrogens (primary N) is 1. The zero-order valence-corrected chi connectivity index (χ0v) is 9.32. The molecule has 0 saturated carbocycles. The number of nitriles is 1. The van der Waals surface area contributed by atoms with Crippen LogP contribution < -0.4 is 11.1 Å². The van der Waals surface area contributed by atoms with Gasteiger partial charge in [-0.1, -0.05) is 0 Å². The Morgan fingerprint density at radius 3 is 2.87 bits per heavy atom. The summed E-state index contributed by atoms with van der Waals surface area (Å²) in [7, 11) is 1.61. The van der Waals surface area contributed by atoms with E-state index in [2.05, 4.69) is 5.32 Å². The molecule has 0 aliphatic rings. The molecule has 5 heteroatoms. The fourth-order valence-electron chi connectivity index (χ4n) is 1.12. The maximum atomic E-state index is 11.4. The molecule has 0 heterocycles. The van der Waals surface area contributed by atoms with E-state index in [1.807, 2.05) is 6.07 Å². The fourth-order valence-corrected chi connectivity index (χ4v) is 1.12. The highest BCUT2D eigenvalue weighted by molar-refractivity contribution is 5.81. The minimum Gasteiger partial charge on any atom is -0.385 e. The van der Waals surface area contributed by atoms with Crippen molar-refractivity contribution < 1.29 is 9.53 Å². The van der Waals surface area contributed by atoms with Crippen molar-refractivity contribution in [2.24, 2.45) is 5.73 Å². The fraction of sp³-hybridized carbons (Fsp3) is 0.800. The van der Waals surface area contributed by atoms with Crippen LogP contribution >= 0.6 is 0 Å². The van der Waals surface area contributed by atoms with E-state index < -0.39 is 6.04 Å². The summed E-state index contributed by atoms with van der Waals surface area (Å²) in [4.78, 5) is 11.4. The molecule has 0 saturated heterocycles. The Morgan fingerprint density at radius 2 is 2.33 bits per heavy atom. The predicted octanol–water partition coefficient (Wildman–Crippen LogP) is 0.159. The number of ether oxygens (including phenoxy) is 1. The van der Waals surface area contributed by atoms with Crippen molar-refractivity contribution in [3.05, 3.63) is 0 Å². The van der Waals surface area contributed by atoms with Crippen molar-refractivity contribution in [2.75, 3.05) is 13.7 Å². The average molecular weight is 213 g/mol. The zero-order valence-electron chi connectivity index (χ0n) is 9.32. The topological polar surface area (TPSA) is 88.1 Å². The van der Waals surface area contributed by atoms with Crippen molar-refractivity contribution >= 4 is 5.91 Å². The molecule has 0 aromatic rings. The van der Waals surface area contributed by atoms with Gasteiger partial charge in [0.1, 0.15) is 0 Å². The third kappa shape index (κ3) is 6.89. The molecular formula is C10H19N3O2. The molecular weight excluding hydrogens is 194 g/mol. The molecule has 0 fully saturated rings. The molecule has 0 aliphatic heterocycles. The van der Waals surface area contributed by atoms with Crippen LogP contribution in [-0.4, -0.2) is 31.7 Å². The first-order valence-electron chi connectivity index (χ1n) is 5.03. The normalized spacial score (nSPS) is 14.0. The molecule has 2 unspecified atom stereocenters. The van der Waals surface area contributed by atoms with Crippen molar-refractivity contribution in [3.8, 4) is 6.07 Å². The number of hydrogen-bond donors (Lipinski definition) is 2. The Morgan fingerprint density at radius 1 is 1.67 bits per heavy atom. The number of carbonyl (C=O) groups is 1. The molecule has 0 aromatic heterocycles. The van der Waals surface area contributed by atoms with Gasteiger partial charge in [-0.15, -0.1) is 0 Å². The van der Waals surface area contributed by atoms with Crippen LogP contribution in [0.25, 0.3) is 0 Å². The number of hydrogen-bond acceptors (Lipinski definition) is 4. The summed E-state index contributed by atoms with van der Waals surface area (Å²) < 4.78 is 4.86. The quantitative estimate of drug-likeness (QED) is 0.589. The van der Waals surface area contributed by atoms with Crippen LogP contribution in [0.1, 0.15) is 26.2 Å². The maximum Gasteiger partial charge on any atom is 0.237 e. The SMILES string of the molecule is COCCCC(N)C(=O)NC(C)CC#N. The lowest BCUT2D eigenvalue weighted by Crippen LogP contribution is -2.44. The van der Waals surface area contributed by atoms with Gasteiger partial charge in [0.25, 0.3) is 0 Å². The average Bonchev–Trinajstić information content (AvgIpc) is 2.18. The molecule has 15 heavy (non-hydrogen) atoms. The standard InChI is InChI=1S/C10H19N3O2/c1-8(5-6-11)13-10(14)9(12)4-3-7-15-2/h8-9H,3-5,7,12H2,1-2H3,(H,13,14). The second-order valence-electron chi connectivity index (χ2n) is 3.51. The van der Waals surface area contributed by atoms with E-state index >= 15 is 0 Å². The van der Waals surface area contributed by atoms with Crippen molar-refractivity contribution in [3.63, 3.8) is 0 Å². The lowest BCUT2D eigenvalue weighted by Gasteiger charge is -2.15. The Labute approximate surface area is 90.6 Å². The lowest BCUT2D eigenvalue weighted by atomic mass is 10.1. The third-order valence-corrected chi connectivity index (χ3v) is 1.99. The van der Waals surface area contributed by atoms with Crippen LogP contribution in [-0.2, 0) is 9.53 Å². The zero-order chi connectivity index (χ0) is 11.7. The minimum atomic E-state index is -0.513. The van der Waals surface area contributed by atoms with Gasteiger partial charge in [-0.05, 0) is 19.8 Å². The van der Waals surface area contributed by atoms with Crippen LogP contribution in [0.3, 0.4) is 0 Å². The van der Waals surface area contributed by atoms with E-state index in [9.17, 15) is 4.79 Å². The first-order valence-corrected chi connectivity index (χ1v) is 5.03. The molecule has 86 valence electrons. The van der Waals surface area contributed by atoms with E-state index in [1.165, 1.54) is 0 Å². The second-order valence-corrected chi connectivity index (χ2v) is 3.51. The Bertz CT molecular complexity index is 225. The van der Waals surface area contributed by atoms with Crippen LogP contribution in [0.2, 0.25) is 0 Å². The van der Waals surface area contributed by atoms with Crippen molar-refractivity contribution in [1.82, 2.24) is 5.32 Å². The van der Waals surface area contributed by atoms with E-state index in [-0.39, 0.29) is 11.9 Å². The summed E-state index contributed by atoms with van der Waals surface area (Å²) in [6, 6.07) is 1.33. The number of amides is 1. The number of nitrogens with zero attached hydrogens (tertiary/aromatic N) is 1. The largest absolute Gasteiger partial charge is 0.385 e. The molecule has 0 aromatic carbocycles. The summed E-state index contributed by atoms with van der Waals surface area (Å²) in [5, 5.41) is 11.1. The van der Waals surface area contributed by atoms with Gasteiger partial charge in [-0.25, -0.2) is 0 Å². The number of rotatable bonds is 7. The summed E-state index contributed by atoms with van der Waals surface area (Å²) in [5.74, 6) is -0.200. The predicted molar refractivity (Wildman–Crippen MR) is 56.9 cm³/mol. The third-order valence-electron chi connectivity index (χ3n) is 1.99. The molecule has 2 atom stereocenters. The van der Waals surface area contributed by atoms with Gasteiger partial charge in [-0.2, -0.15) is 5.26 Å². The molecule has 5 nitrogen and oxygen atoms in total. The Kier molecular flexibility index (Phi) is 7.60. The van der Waals surface area contributed by atoms with Crippen molar-refractivity contribution in [2.45, 2.75) is 38.3 Å². The van der Waals surface area contributed by atoms with Crippen LogP contribution in [0.5, 0.6) is 0 Å². The Hall–Kier alpha value is -1.12. The van der Waals surface area contributed by atoms with Gasteiger partial charge < -0.3 is 15.8 Å². The smallest absolute Gasteiger partial charge is 0.237 e. The van der Waals surface area contributed by atoms with E-state index in [0.717, 1.165) is 6.42 Å². The molecule has 0 rings (SSSR count). The van der Waals surface area contributed by atoms with E-state index in [1.54, 1.807) is 14.0 Å². The highest BCUT2D eigenvalue weighted by Crippen LogP contribution is 1.97. The monoisotopic (exact) mass is 213 g/mol.